The molecule has 4 heterocycles. The molecule has 0 radical (unpaired) electrons. The highest BCUT2D eigenvalue weighted by atomic mass is 19.1. The second-order valence-corrected chi connectivity index (χ2v) is 8.80. The Hall–Kier alpha value is -2.83. The Balaban J connectivity index is 1.36. The number of piperidine rings is 2. The molecule has 5 rings (SSSR count). The van der Waals surface area contributed by atoms with Crippen molar-refractivity contribution >= 4 is 29.3 Å². The van der Waals surface area contributed by atoms with Gasteiger partial charge in [0.15, 0.2) is 0 Å². The number of hydrogen-bond acceptors (Lipinski definition) is 5. The minimum Gasteiger partial charge on any atom is -0.371 e. The van der Waals surface area contributed by atoms with Gasteiger partial charge in [-0.25, -0.2) is 9.37 Å². The molecule has 1 aromatic heterocycles. The fourth-order valence-corrected chi connectivity index (χ4v) is 5.57. The van der Waals surface area contributed by atoms with Gasteiger partial charge in [0.2, 0.25) is 6.41 Å². The third-order valence-electron chi connectivity index (χ3n) is 7.05. The fraction of sp³-hybridized carbons (Fsp3) is 0.500. The number of hydrogen-bond donors (Lipinski definition) is 1. The Morgan fingerprint density at radius 2 is 1.74 bits per heavy atom. The molecule has 1 N–H and O–H groups in total. The summed E-state index contributed by atoms with van der Waals surface area (Å²) in [4.78, 5) is 22.7. The summed E-state index contributed by atoms with van der Waals surface area (Å²) < 4.78 is 14.4. The van der Waals surface area contributed by atoms with E-state index >= 15 is 0 Å². The Morgan fingerprint density at radius 3 is 2.55 bits per heavy atom. The van der Waals surface area contributed by atoms with E-state index in [4.69, 9.17) is 4.98 Å². The molecular formula is C24H30FN5O. The molecule has 1 aromatic carbocycles. The summed E-state index contributed by atoms with van der Waals surface area (Å²) in [5, 5.41) is 2.42. The largest absolute Gasteiger partial charge is 0.371 e. The Labute approximate surface area is 183 Å². The summed E-state index contributed by atoms with van der Waals surface area (Å²) in [6.45, 7) is 4.15. The topological polar surface area (TPSA) is 51.7 Å². The number of carbonyl (C=O) groups excluding carboxylic acids is 1. The average molecular weight is 424 g/mol. The molecule has 3 aliphatic heterocycles. The lowest BCUT2D eigenvalue weighted by atomic mass is 9.96. The van der Waals surface area contributed by atoms with E-state index in [2.05, 4.69) is 32.1 Å². The number of rotatable bonds is 5. The smallest absolute Gasteiger partial charge is 0.211 e. The molecule has 0 spiro atoms. The summed E-state index contributed by atoms with van der Waals surface area (Å²) in [6.07, 6.45) is 9.54. The number of anilines is 4. The SMILES string of the molecule is O=CNc1ccc(N2CCC[C@@H]3[C@H]2CCN3c2cc(N3CCCCC3)ccn2)cc1F. The normalized spacial score (nSPS) is 23.6. The Bertz CT molecular complexity index is 932. The van der Waals surface area contributed by atoms with Crippen LogP contribution in [0, 0.1) is 5.82 Å². The number of nitrogens with zero attached hydrogens (tertiary/aromatic N) is 4. The molecule has 164 valence electrons. The van der Waals surface area contributed by atoms with Crippen LogP contribution in [0.4, 0.5) is 27.3 Å². The minimum atomic E-state index is -0.391. The zero-order chi connectivity index (χ0) is 21.2. The van der Waals surface area contributed by atoms with Gasteiger partial charge in [0.25, 0.3) is 0 Å². The first-order chi connectivity index (χ1) is 15.2. The van der Waals surface area contributed by atoms with Crippen LogP contribution < -0.4 is 20.0 Å². The van der Waals surface area contributed by atoms with Crippen molar-refractivity contribution in [3.63, 3.8) is 0 Å². The third-order valence-corrected chi connectivity index (χ3v) is 7.05. The molecule has 0 saturated carbocycles. The van der Waals surface area contributed by atoms with Crippen molar-refractivity contribution in [3.8, 4) is 0 Å². The number of halogens is 1. The lowest BCUT2D eigenvalue weighted by Gasteiger charge is -2.41. The fourth-order valence-electron chi connectivity index (χ4n) is 5.57. The molecule has 7 heteroatoms. The molecule has 2 atom stereocenters. The van der Waals surface area contributed by atoms with Crippen LogP contribution in [0.5, 0.6) is 0 Å². The van der Waals surface area contributed by atoms with Crippen molar-refractivity contribution in [2.24, 2.45) is 0 Å². The van der Waals surface area contributed by atoms with Crippen LogP contribution in [-0.2, 0) is 4.79 Å². The minimum absolute atomic E-state index is 0.221. The van der Waals surface area contributed by atoms with Gasteiger partial charge >= 0.3 is 0 Å². The van der Waals surface area contributed by atoms with E-state index in [1.807, 2.05) is 12.3 Å². The highest BCUT2D eigenvalue weighted by Crippen LogP contribution is 2.37. The quantitative estimate of drug-likeness (QED) is 0.736. The Kier molecular flexibility index (Phi) is 5.66. The van der Waals surface area contributed by atoms with E-state index in [9.17, 15) is 9.18 Å². The van der Waals surface area contributed by atoms with Crippen molar-refractivity contribution in [3.05, 3.63) is 42.3 Å². The predicted octanol–water partition coefficient (Wildman–Crippen LogP) is 4.03. The average Bonchev–Trinajstić information content (AvgIpc) is 3.26. The van der Waals surface area contributed by atoms with Crippen molar-refractivity contribution in [1.82, 2.24) is 4.98 Å². The van der Waals surface area contributed by atoms with Gasteiger partial charge in [0, 0.05) is 49.8 Å². The first-order valence-electron chi connectivity index (χ1n) is 11.5. The molecule has 2 aromatic rings. The maximum absolute atomic E-state index is 14.4. The van der Waals surface area contributed by atoms with Crippen molar-refractivity contribution in [2.45, 2.75) is 50.6 Å². The lowest BCUT2D eigenvalue weighted by molar-refractivity contribution is -0.105. The van der Waals surface area contributed by atoms with Gasteiger partial charge in [0.1, 0.15) is 11.6 Å². The van der Waals surface area contributed by atoms with Crippen molar-refractivity contribution < 1.29 is 9.18 Å². The molecule has 6 nitrogen and oxygen atoms in total. The second-order valence-electron chi connectivity index (χ2n) is 8.80. The van der Waals surface area contributed by atoms with E-state index in [0.29, 0.717) is 18.5 Å². The van der Waals surface area contributed by atoms with Gasteiger partial charge in [-0.05, 0) is 62.8 Å². The van der Waals surface area contributed by atoms with Gasteiger partial charge < -0.3 is 20.0 Å². The van der Waals surface area contributed by atoms with E-state index in [0.717, 1.165) is 56.9 Å². The monoisotopic (exact) mass is 423 g/mol. The zero-order valence-electron chi connectivity index (χ0n) is 17.8. The van der Waals surface area contributed by atoms with Gasteiger partial charge in [-0.1, -0.05) is 0 Å². The highest BCUT2D eigenvalue weighted by Gasteiger charge is 2.41. The van der Waals surface area contributed by atoms with Gasteiger partial charge in [-0.3, -0.25) is 4.79 Å². The van der Waals surface area contributed by atoms with Crippen LogP contribution in [0.15, 0.2) is 36.5 Å². The molecule has 0 bridgehead atoms. The second kappa shape index (κ2) is 8.73. The van der Waals surface area contributed by atoms with Gasteiger partial charge in [-0.15, -0.1) is 0 Å². The zero-order valence-corrected chi connectivity index (χ0v) is 17.8. The van der Waals surface area contributed by atoms with Crippen LogP contribution in [0.3, 0.4) is 0 Å². The van der Waals surface area contributed by atoms with Crippen LogP contribution in [0.25, 0.3) is 0 Å². The molecule has 3 saturated heterocycles. The number of benzene rings is 1. The molecule has 3 aliphatic rings. The summed E-state index contributed by atoms with van der Waals surface area (Å²) >= 11 is 0. The number of nitrogens with one attached hydrogen (secondary N) is 1. The van der Waals surface area contributed by atoms with Crippen molar-refractivity contribution in [2.75, 3.05) is 46.2 Å². The molecule has 0 aliphatic carbocycles. The summed E-state index contributed by atoms with van der Waals surface area (Å²) in [5.41, 5.74) is 2.39. The van der Waals surface area contributed by atoms with Gasteiger partial charge in [-0.2, -0.15) is 0 Å². The molecule has 31 heavy (non-hydrogen) atoms. The van der Waals surface area contributed by atoms with Crippen LogP contribution in [0.2, 0.25) is 0 Å². The highest BCUT2D eigenvalue weighted by molar-refractivity contribution is 5.73. The maximum atomic E-state index is 14.4. The van der Waals surface area contributed by atoms with Crippen LogP contribution in [0.1, 0.15) is 38.5 Å². The molecular weight excluding hydrogens is 393 g/mol. The van der Waals surface area contributed by atoms with E-state index in [1.54, 1.807) is 12.1 Å². The summed E-state index contributed by atoms with van der Waals surface area (Å²) in [7, 11) is 0. The van der Waals surface area contributed by atoms with E-state index in [1.165, 1.54) is 24.9 Å². The number of amides is 1. The van der Waals surface area contributed by atoms with E-state index in [-0.39, 0.29) is 5.69 Å². The number of aromatic nitrogens is 1. The van der Waals surface area contributed by atoms with Crippen molar-refractivity contribution in [1.29, 1.82) is 0 Å². The Morgan fingerprint density at radius 1 is 0.903 bits per heavy atom. The summed E-state index contributed by atoms with van der Waals surface area (Å²) in [6, 6.07) is 10.2. The number of carbonyl (C=O) groups is 1. The lowest BCUT2D eigenvalue weighted by Crippen LogP contribution is -2.50. The number of fused-ring (bicyclic) bond motifs is 1. The third kappa shape index (κ3) is 3.93. The number of pyridine rings is 1. The van der Waals surface area contributed by atoms with Crippen LogP contribution in [-0.4, -0.2) is 49.7 Å². The van der Waals surface area contributed by atoms with Gasteiger partial charge in [0.05, 0.1) is 17.8 Å². The predicted molar refractivity (Wildman–Crippen MR) is 123 cm³/mol. The maximum Gasteiger partial charge on any atom is 0.211 e. The first kappa shape index (κ1) is 20.1. The molecule has 0 unspecified atom stereocenters. The molecule has 1 amide bonds. The standard InChI is InChI=1S/C24H30FN5O/c25-20-15-19(6-7-21(20)27-17-31)29-13-4-5-22-23(29)9-14-30(22)24-16-18(8-10-26-24)28-11-2-1-3-12-28/h6-8,10,15-17,22-23H,1-5,9,11-14H2,(H,27,31)/t22-,23-/m1/s1. The molecule has 3 fully saturated rings. The summed E-state index contributed by atoms with van der Waals surface area (Å²) in [5.74, 6) is 0.673. The van der Waals surface area contributed by atoms with Crippen LogP contribution >= 0.6 is 0 Å². The first-order valence-corrected chi connectivity index (χ1v) is 11.5. The van der Waals surface area contributed by atoms with E-state index < -0.39 is 5.82 Å².